The van der Waals surface area contributed by atoms with E-state index in [2.05, 4.69) is 10.1 Å². The molecule has 1 aliphatic heterocycles. The van der Waals surface area contributed by atoms with Gasteiger partial charge in [0.15, 0.2) is 0 Å². The number of nitrogens with zero attached hydrogens (tertiary/aromatic N) is 1. The fourth-order valence-corrected chi connectivity index (χ4v) is 3.14. The lowest BCUT2D eigenvalue weighted by molar-refractivity contribution is -0.0504. The molecule has 158 valence electrons. The maximum atomic E-state index is 12.5. The average molecular weight is 418 g/mol. The van der Waals surface area contributed by atoms with E-state index in [0.717, 1.165) is 4.90 Å². The lowest BCUT2D eigenvalue weighted by Gasteiger charge is -2.12. The van der Waals surface area contributed by atoms with Crippen molar-refractivity contribution in [3.05, 3.63) is 64.7 Å². The normalized spacial score (nSPS) is 13.0. The van der Waals surface area contributed by atoms with Crippen LogP contribution in [-0.4, -0.2) is 49.5 Å². The van der Waals surface area contributed by atoms with Crippen LogP contribution in [0.25, 0.3) is 0 Å². The molecule has 1 aliphatic rings. The van der Waals surface area contributed by atoms with E-state index < -0.39 is 24.3 Å². The number of halogens is 2. The molecule has 2 aromatic carbocycles. The SMILES string of the molecule is COCCCN1C(=O)c2ccc(C(=O)NCc3ccccc3OC(F)F)cc2C1=O. The summed E-state index contributed by atoms with van der Waals surface area (Å²) in [6.07, 6.45) is 0.509. The molecular weight excluding hydrogens is 398 g/mol. The average Bonchev–Trinajstić information content (AvgIpc) is 2.97. The number of imide groups is 1. The number of benzene rings is 2. The molecule has 0 radical (unpaired) electrons. The highest BCUT2D eigenvalue weighted by atomic mass is 19.3. The van der Waals surface area contributed by atoms with Crippen molar-refractivity contribution in [1.29, 1.82) is 0 Å². The molecule has 0 aromatic heterocycles. The molecule has 1 N–H and O–H groups in total. The number of methoxy groups -OCH3 is 1. The third kappa shape index (κ3) is 4.62. The molecule has 0 aliphatic carbocycles. The molecule has 3 amide bonds. The number of ether oxygens (including phenoxy) is 2. The summed E-state index contributed by atoms with van der Waals surface area (Å²) in [5, 5.41) is 2.61. The number of nitrogens with one attached hydrogen (secondary N) is 1. The first-order valence-corrected chi connectivity index (χ1v) is 9.22. The van der Waals surface area contributed by atoms with Crippen LogP contribution in [0.15, 0.2) is 42.5 Å². The lowest BCUT2D eigenvalue weighted by atomic mass is 10.1. The Bertz CT molecular complexity index is 964. The number of hydrogen-bond acceptors (Lipinski definition) is 5. The lowest BCUT2D eigenvalue weighted by Crippen LogP contribution is -2.31. The van der Waals surface area contributed by atoms with E-state index in [-0.39, 0.29) is 35.5 Å². The minimum Gasteiger partial charge on any atom is -0.434 e. The van der Waals surface area contributed by atoms with E-state index in [4.69, 9.17) is 4.74 Å². The topological polar surface area (TPSA) is 84.9 Å². The van der Waals surface area contributed by atoms with Gasteiger partial charge in [0.25, 0.3) is 17.7 Å². The number of carbonyl (C=O) groups excluding carboxylic acids is 3. The van der Waals surface area contributed by atoms with Crippen LogP contribution in [-0.2, 0) is 11.3 Å². The van der Waals surface area contributed by atoms with Crippen LogP contribution >= 0.6 is 0 Å². The number of amides is 3. The number of hydrogen-bond donors (Lipinski definition) is 1. The van der Waals surface area contributed by atoms with E-state index in [1.54, 1.807) is 18.2 Å². The molecule has 7 nitrogen and oxygen atoms in total. The summed E-state index contributed by atoms with van der Waals surface area (Å²) < 4.78 is 34.4. The Balaban J connectivity index is 1.70. The second-order valence-corrected chi connectivity index (χ2v) is 6.54. The van der Waals surface area contributed by atoms with Crippen molar-refractivity contribution >= 4 is 17.7 Å². The van der Waals surface area contributed by atoms with Crippen molar-refractivity contribution in [2.75, 3.05) is 20.3 Å². The van der Waals surface area contributed by atoms with Crippen LogP contribution in [0.1, 0.15) is 43.1 Å². The molecule has 0 unspecified atom stereocenters. The van der Waals surface area contributed by atoms with Gasteiger partial charge in [-0.3, -0.25) is 19.3 Å². The Kier molecular flexibility index (Phi) is 6.73. The number of alkyl halides is 2. The summed E-state index contributed by atoms with van der Waals surface area (Å²) in [7, 11) is 1.53. The second-order valence-electron chi connectivity index (χ2n) is 6.54. The van der Waals surface area contributed by atoms with Crippen LogP contribution in [0.3, 0.4) is 0 Å². The number of fused-ring (bicyclic) bond motifs is 1. The van der Waals surface area contributed by atoms with Gasteiger partial charge in [-0.2, -0.15) is 8.78 Å². The van der Waals surface area contributed by atoms with Crippen LogP contribution in [0.4, 0.5) is 8.78 Å². The van der Waals surface area contributed by atoms with Gasteiger partial charge in [-0.25, -0.2) is 0 Å². The van der Waals surface area contributed by atoms with Gasteiger partial charge in [0.1, 0.15) is 5.75 Å². The summed E-state index contributed by atoms with van der Waals surface area (Å²) in [6.45, 7) is -2.39. The van der Waals surface area contributed by atoms with Gasteiger partial charge in [0.05, 0.1) is 11.1 Å². The first-order chi connectivity index (χ1) is 14.4. The molecule has 9 heteroatoms. The fraction of sp³-hybridized carbons (Fsp3) is 0.286. The van der Waals surface area contributed by atoms with Crippen LogP contribution < -0.4 is 10.1 Å². The summed E-state index contributed by atoms with van der Waals surface area (Å²) >= 11 is 0. The summed E-state index contributed by atoms with van der Waals surface area (Å²) in [6, 6.07) is 10.4. The quantitative estimate of drug-likeness (QED) is 0.500. The van der Waals surface area contributed by atoms with E-state index >= 15 is 0 Å². The molecule has 0 bridgehead atoms. The Morgan fingerprint density at radius 3 is 2.57 bits per heavy atom. The molecule has 0 saturated carbocycles. The minimum atomic E-state index is -2.98. The zero-order valence-corrected chi connectivity index (χ0v) is 16.2. The third-order valence-corrected chi connectivity index (χ3v) is 4.59. The highest BCUT2D eigenvalue weighted by Gasteiger charge is 2.35. The highest BCUT2D eigenvalue weighted by molar-refractivity contribution is 6.22. The van der Waals surface area contributed by atoms with E-state index in [9.17, 15) is 23.2 Å². The van der Waals surface area contributed by atoms with E-state index in [1.807, 2.05) is 0 Å². The number of carbonyl (C=O) groups is 3. The maximum Gasteiger partial charge on any atom is 0.387 e. The predicted molar refractivity (Wildman–Crippen MR) is 103 cm³/mol. The summed E-state index contributed by atoms with van der Waals surface area (Å²) in [5.41, 5.74) is 0.958. The Hall–Kier alpha value is -3.33. The van der Waals surface area contributed by atoms with Gasteiger partial charge in [-0.1, -0.05) is 18.2 Å². The summed E-state index contributed by atoms with van der Waals surface area (Å²) in [5.74, 6) is -1.41. The first kappa shape index (κ1) is 21.4. The van der Waals surface area contributed by atoms with Crippen molar-refractivity contribution in [2.24, 2.45) is 0 Å². The predicted octanol–water partition coefficient (Wildman–Crippen LogP) is 2.85. The van der Waals surface area contributed by atoms with Gasteiger partial charge in [0.2, 0.25) is 0 Å². The fourth-order valence-electron chi connectivity index (χ4n) is 3.14. The monoisotopic (exact) mass is 418 g/mol. The van der Waals surface area contributed by atoms with Crippen molar-refractivity contribution in [1.82, 2.24) is 10.2 Å². The van der Waals surface area contributed by atoms with E-state index in [0.29, 0.717) is 18.6 Å². The number of para-hydroxylation sites is 1. The van der Waals surface area contributed by atoms with Crippen molar-refractivity contribution in [3.63, 3.8) is 0 Å². The smallest absolute Gasteiger partial charge is 0.387 e. The standard InChI is InChI=1S/C21H20F2N2O5/c1-29-10-4-9-25-19(27)15-8-7-13(11-16(15)20(25)28)18(26)24-12-14-5-2-3-6-17(14)30-21(22)23/h2-3,5-8,11,21H,4,9-10,12H2,1H3,(H,24,26). The zero-order valence-electron chi connectivity index (χ0n) is 16.2. The molecule has 0 spiro atoms. The van der Waals surface area contributed by atoms with Gasteiger partial charge in [-0.15, -0.1) is 0 Å². The van der Waals surface area contributed by atoms with Crippen molar-refractivity contribution in [3.8, 4) is 5.75 Å². The molecule has 0 atom stereocenters. The van der Waals surface area contributed by atoms with Gasteiger partial charge < -0.3 is 14.8 Å². The van der Waals surface area contributed by atoms with E-state index in [1.165, 1.54) is 31.4 Å². The van der Waals surface area contributed by atoms with Crippen molar-refractivity contribution in [2.45, 2.75) is 19.6 Å². The minimum absolute atomic E-state index is 0.0331. The maximum absolute atomic E-state index is 12.5. The van der Waals surface area contributed by atoms with Gasteiger partial charge in [-0.05, 0) is 30.7 Å². The first-order valence-electron chi connectivity index (χ1n) is 9.22. The van der Waals surface area contributed by atoms with Gasteiger partial charge >= 0.3 is 6.61 Å². The largest absolute Gasteiger partial charge is 0.434 e. The Morgan fingerprint density at radius 2 is 1.83 bits per heavy atom. The third-order valence-electron chi connectivity index (χ3n) is 4.59. The molecular formula is C21H20F2N2O5. The van der Waals surface area contributed by atoms with Crippen LogP contribution in [0, 0.1) is 0 Å². The summed E-state index contributed by atoms with van der Waals surface area (Å²) in [4.78, 5) is 38.6. The Labute approximate surface area is 171 Å². The van der Waals surface area contributed by atoms with Crippen molar-refractivity contribution < 1.29 is 32.6 Å². The molecule has 1 heterocycles. The van der Waals surface area contributed by atoms with Crippen LogP contribution in [0.2, 0.25) is 0 Å². The highest BCUT2D eigenvalue weighted by Crippen LogP contribution is 2.25. The van der Waals surface area contributed by atoms with Crippen LogP contribution in [0.5, 0.6) is 5.75 Å². The molecule has 30 heavy (non-hydrogen) atoms. The Morgan fingerprint density at radius 1 is 1.10 bits per heavy atom. The van der Waals surface area contributed by atoms with Gasteiger partial charge in [0, 0.05) is 37.9 Å². The molecule has 3 rings (SSSR count). The second kappa shape index (κ2) is 9.45. The zero-order chi connectivity index (χ0) is 21.7. The molecule has 0 fully saturated rings. The molecule has 2 aromatic rings. The number of rotatable bonds is 9. The molecule has 0 saturated heterocycles.